The Hall–Kier alpha value is -2.14. The standard InChI is InChI=1S/C13H13ClN4O/c14-10-1-3-11(4-2-10)16-8-13(19)17-7-12-5-6-15-9-18-12/h1-6,9,16H,7-8H2,(H,17,19). The van der Waals surface area contributed by atoms with Crippen LogP contribution in [0.5, 0.6) is 0 Å². The summed E-state index contributed by atoms with van der Waals surface area (Å²) >= 11 is 5.77. The molecule has 2 N–H and O–H groups in total. The maximum Gasteiger partial charge on any atom is 0.239 e. The molecule has 2 rings (SSSR count). The van der Waals surface area contributed by atoms with E-state index in [1.807, 2.05) is 12.1 Å². The largest absolute Gasteiger partial charge is 0.376 e. The van der Waals surface area contributed by atoms with Crippen molar-refractivity contribution in [2.24, 2.45) is 0 Å². The molecule has 0 unspecified atom stereocenters. The summed E-state index contributed by atoms with van der Waals surface area (Å²) in [7, 11) is 0. The van der Waals surface area contributed by atoms with Crippen LogP contribution >= 0.6 is 11.6 Å². The number of carbonyl (C=O) groups is 1. The van der Waals surface area contributed by atoms with Gasteiger partial charge < -0.3 is 10.6 Å². The van der Waals surface area contributed by atoms with Gasteiger partial charge in [0.05, 0.1) is 18.8 Å². The second-order valence-electron chi connectivity index (χ2n) is 3.84. The average molecular weight is 277 g/mol. The van der Waals surface area contributed by atoms with Crippen LogP contribution in [0.1, 0.15) is 5.69 Å². The summed E-state index contributed by atoms with van der Waals surface area (Å²) in [6.07, 6.45) is 3.09. The quantitative estimate of drug-likeness (QED) is 0.875. The molecule has 0 aliphatic heterocycles. The number of halogens is 1. The molecule has 0 fully saturated rings. The van der Waals surface area contributed by atoms with Crippen LogP contribution < -0.4 is 10.6 Å². The van der Waals surface area contributed by atoms with E-state index in [0.29, 0.717) is 11.6 Å². The normalized spacial score (nSPS) is 9.95. The Balaban J connectivity index is 1.74. The zero-order valence-electron chi connectivity index (χ0n) is 10.1. The first-order valence-electron chi connectivity index (χ1n) is 5.75. The van der Waals surface area contributed by atoms with E-state index in [4.69, 9.17) is 11.6 Å². The highest BCUT2D eigenvalue weighted by Gasteiger charge is 2.01. The summed E-state index contributed by atoms with van der Waals surface area (Å²) in [6.45, 7) is 0.594. The van der Waals surface area contributed by atoms with E-state index >= 15 is 0 Å². The molecular formula is C13H13ClN4O. The molecule has 0 atom stereocenters. The number of hydrogen-bond acceptors (Lipinski definition) is 4. The smallest absolute Gasteiger partial charge is 0.239 e. The molecule has 98 valence electrons. The van der Waals surface area contributed by atoms with Crippen molar-refractivity contribution >= 4 is 23.2 Å². The van der Waals surface area contributed by atoms with Gasteiger partial charge in [0.2, 0.25) is 5.91 Å². The third-order valence-corrected chi connectivity index (χ3v) is 2.66. The summed E-state index contributed by atoms with van der Waals surface area (Å²) < 4.78 is 0. The summed E-state index contributed by atoms with van der Waals surface area (Å²) in [6, 6.07) is 8.93. The number of nitrogens with zero attached hydrogens (tertiary/aromatic N) is 2. The van der Waals surface area contributed by atoms with Gasteiger partial charge in [-0.2, -0.15) is 0 Å². The first-order chi connectivity index (χ1) is 9.24. The monoisotopic (exact) mass is 276 g/mol. The van der Waals surface area contributed by atoms with Crippen LogP contribution in [0.3, 0.4) is 0 Å². The number of rotatable bonds is 5. The Morgan fingerprint density at radius 1 is 1.21 bits per heavy atom. The number of nitrogens with one attached hydrogen (secondary N) is 2. The van der Waals surface area contributed by atoms with Crippen molar-refractivity contribution in [2.45, 2.75) is 6.54 Å². The SMILES string of the molecule is O=C(CNc1ccc(Cl)cc1)NCc1ccncn1. The molecule has 0 aliphatic carbocycles. The van der Waals surface area contributed by atoms with Crippen molar-refractivity contribution in [3.63, 3.8) is 0 Å². The highest BCUT2D eigenvalue weighted by atomic mass is 35.5. The zero-order valence-corrected chi connectivity index (χ0v) is 10.9. The molecule has 1 heterocycles. The van der Waals surface area contributed by atoms with E-state index in [9.17, 15) is 4.79 Å². The molecule has 0 bridgehead atoms. The van der Waals surface area contributed by atoms with Crippen LogP contribution in [-0.4, -0.2) is 22.4 Å². The topological polar surface area (TPSA) is 66.9 Å². The summed E-state index contributed by atoms with van der Waals surface area (Å²) in [5.74, 6) is -0.103. The molecule has 1 amide bonds. The lowest BCUT2D eigenvalue weighted by Crippen LogP contribution is -2.29. The Bertz CT molecular complexity index is 530. The molecule has 0 radical (unpaired) electrons. The van der Waals surface area contributed by atoms with Gasteiger partial charge in [-0.15, -0.1) is 0 Å². The summed E-state index contributed by atoms with van der Waals surface area (Å²) in [5.41, 5.74) is 1.62. The zero-order chi connectivity index (χ0) is 13.5. The first kappa shape index (κ1) is 13.3. The van der Waals surface area contributed by atoms with Gasteiger partial charge in [0, 0.05) is 16.9 Å². The number of benzene rings is 1. The lowest BCUT2D eigenvalue weighted by Gasteiger charge is -2.07. The van der Waals surface area contributed by atoms with Crippen LogP contribution in [0.2, 0.25) is 5.02 Å². The van der Waals surface area contributed by atoms with Gasteiger partial charge >= 0.3 is 0 Å². The minimum absolute atomic E-state index is 0.103. The highest BCUT2D eigenvalue weighted by Crippen LogP contribution is 2.12. The fourth-order valence-corrected chi connectivity index (χ4v) is 1.55. The summed E-state index contributed by atoms with van der Waals surface area (Å²) in [4.78, 5) is 19.4. The fourth-order valence-electron chi connectivity index (χ4n) is 1.42. The number of hydrogen-bond donors (Lipinski definition) is 2. The minimum atomic E-state index is -0.103. The molecule has 1 aromatic carbocycles. The summed E-state index contributed by atoms with van der Waals surface area (Å²) in [5, 5.41) is 6.43. The lowest BCUT2D eigenvalue weighted by molar-refractivity contribution is -0.119. The Morgan fingerprint density at radius 3 is 2.68 bits per heavy atom. The van der Waals surface area contributed by atoms with E-state index in [2.05, 4.69) is 20.6 Å². The van der Waals surface area contributed by atoms with Crippen LogP contribution in [0, 0.1) is 0 Å². The Kier molecular flexibility index (Phi) is 4.69. The van der Waals surface area contributed by atoms with Crippen LogP contribution in [0.4, 0.5) is 5.69 Å². The van der Waals surface area contributed by atoms with Crippen molar-refractivity contribution in [3.05, 3.63) is 53.6 Å². The predicted molar refractivity (Wildman–Crippen MR) is 73.8 cm³/mol. The first-order valence-corrected chi connectivity index (χ1v) is 6.13. The van der Waals surface area contributed by atoms with Crippen molar-refractivity contribution in [1.29, 1.82) is 0 Å². The van der Waals surface area contributed by atoms with Gasteiger partial charge in [0.1, 0.15) is 6.33 Å². The number of amides is 1. The number of anilines is 1. The molecule has 6 heteroatoms. The van der Waals surface area contributed by atoms with Crippen molar-refractivity contribution in [3.8, 4) is 0 Å². The minimum Gasteiger partial charge on any atom is -0.376 e. The van der Waals surface area contributed by atoms with Gasteiger partial charge in [0.15, 0.2) is 0 Å². The molecule has 1 aromatic heterocycles. The lowest BCUT2D eigenvalue weighted by atomic mass is 10.3. The van der Waals surface area contributed by atoms with Gasteiger partial charge in [-0.3, -0.25) is 4.79 Å². The second kappa shape index (κ2) is 6.70. The molecule has 19 heavy (non-hydrogen) atoms. The van der Waals surface area contributed by atoms with Crippen LogP contribution in [-0.2, 0) is 11.3 Å². The molecular weight excluding hydrogens is 264 g/mol. The molecule has 0 saturated carbocycles. The average Bonchev–Trinajstić information content (AvgIpc) is 2.45. The van der Waals surface area contributed by atoms with E-state index < -0.39 is 0 Å². The predicted octanol–water partition coefficient (Wildman–Crippen LogP) is 1.86. The van der Waals surface area contributed by atoms with E-state index in [-0.39, 0.29) is 12.5 Å². The molecule has 0 aliphatic rings. The van der Waals surface area contributed by atoms with Gasteiger partial charge in [-0.1, -0.05) is 11.6 Å². The Labute approximate surface area is 116 Å². The molecule has 2 aromatic rings. The van der Waals surface area contributed by atoms with E-state index in [1.54, 1.807) is 24.4 Å². The van der Waals surface area contributed by atoms with Gasteiger partial charge in [-0.05, 0) is 30.3 Å². The molecule has 0 saturated heterocycles. The van der Waals surface area contributed by atoms with Crippen molar-refractivity contribution in [2.75, 3.05) is 11.9 Å². The van der Waals surface area contributed by atoms with E-state index in [1.165, 1.54) is 6.33 Å². The number of aromatic nitrogens is 2. The second-order valence-corrected chi connectivity index (χ2v) is 4.27. The van der Waals surface area contributed by atoms with Crippen molar-refractivity contribution in [1.82, 2.24) is 15.3 Å². The molecule has 0 spiro atoms. The molecule has 5 nitrogen and oxygen atoms in total. The van der Waals surface area contributed by atoms with Gasteiger partial charge in [-0.25, -0.2) is 9.97 Å². The van der Waals surface area contributed by atoms with Crippen molar-refractivity contribution < 1.29 is 4.79 Å². The maximum atomic E-state index is 11.6. The van der Waals surface area contributed by atoms with Crippen LogP contribution in [0.15, 0.2) is 42.9 Å². The van der Waals surface area contributed by atoms with Gasteiger partial charge in [0.25, 0.3) is 0 Å². The fraction of sp³-hybridized carbons (Fsp3) is 0.154. The Morgan fingerprint density at radius 2 is 2.00 bits per heavy atom. The number of carbonyl (C=O) groups excluding carboxylic acids is 1. The maximum absolute atomic E-state index is 11.6. The van der Waals surface area contributed by atoms with E-state index in [0.717, 1.165) is 11.4 Å². The highest BCUT2D eigenvalue weighted by molar-refractivity contribution is 6.30. The van der Waals surface area contributed by atoms with Crippen LogP contribution in [0.25, 0.3) is 0 Å². The third kappa shape index (κ3) is 4.56. The third-order valence-electron chi connectivity index (χ3n) is 2.41.